The highest BCUT2D eigenvalue weighted by molar-refractivity contribution is 9.10. The number of unbranched alkanes of at least 4 members (excludes halogenated alkanes) is 1. The molecule has 0 amide bonds. The highest BCUT2D eigenvalue weighted by Crippen LogP contribution is 2.37. The quantitative estimate of drug-likeness (QED) is 0.605. The van der Waals surface area contributed by atoms with Crippen LogP contribution in [0.15, 0.2) is 46.9 Å². The Morgan fingerprint density at radius 1 is 1.13 bits per heavy atom. The number of fused-ring (bicyclic) bond motifs is 1. The largest absolute Gasteiger partial charge is 0.496 e. The molecule has 0 spiro atoms. The Kier molecular flexibility index (Phi) is 5.03. The van der Waals surface area contributed by atoms with Crippen molar-refractivity contribution in [3.8, 4) is 17.0 Å². The molecule has 0 aliphatic carbocycles. The highest BCUT2D eigenvalue weighted by Gasteiger charge is 2.16. The molecule has 120 valence electrons. The molecule has 1 aromatic heterocycles. The minimum atomic E-state index is 0.734. The Balaban J connectivity index is 2.16. The molecule has 3 nitrogen and oxygen atoms in total. The van der Waals surface area contributed by atoms with E-state index >= 15 is 0 Å². The van der Waals surface area contributed by atoms with Crippen LogP contribution in [0.4, 0.5) is 0 Å². The third kappa shape index (κ3) is 3.28. The van der Waals surface area contributed by atoms with Crippen LogP contribution in [0, 0.1) is 0 Å². The van der Waals surface area contributed by atoms with Gasteiger partial charge in [-0.05, 0) is 55.6 Å². The average molecular weight is 373 g/mol. The van der Waals surface area contributed by atoms with Gasteiger partial charge in [-0.1, -0.05) is 34.1 Å². The van der Waals surface area contributed by atoms with Crippen molar-refractivity contribution in [2.24, 2.45) is 5.73 Å². The first-order valence-corrected chi connectivity index (χ1v) is 8.67. The minimum Gasteiger partial charge on any atom is -0.496 e. The van der Waals surface area contributed by atoms with Gasteiger partial charge < -0.3 is 15.5 Å². The number of para-hydroxylation sites is 1. The minimum absolute atomic E-state index is 0.734. The monoisotopic (exact) mass is 372 g/mol. The van der Waals surface area contributed by atoms with Gasteiger partial charge in [-0.3, -0.25) is 0 Å². The molecule has 3 aromatic rings. The van der Waals surface area contributed by atoms with Gasteiger partial charge in [0.1, 0.15) is 5.75 Å². The molecule has 23 heavy (non-hydrogen) atoms. The first-order chi connectivity index (χ1) is 11.2. The van der Waals surface area contributed by atoms with Gasteiger partial charge in [0.25, 0.3) is 0 Å². The highest BCUT2D eigenvalue weighted by atomic mass is 79.9. The van der Waals surface area contributed by atoms with Crippen molar-refractivity contribution in [2.75, 3.05) is 13.7 Å². The van der Waals surface area contributed by atoms with Crippen molar-refractivity contribution in [2.45, 2.75) is 19.3 Å². The summed E-state index contributed by atoms with van der Waals surface area (Å²) in [5.41, 5.74) is 10.4. The van der Waals surface area contributed by atoms with Crippen molar-refractivity contribution in [1.29, 1.82) is 0 Å². The first kappa shape index (κ1) is 16.1. The van der Waals surface area contributed by atoms with Gasteiger partial charge in [0.05, 0.1) is 12.8 Å². The van der Waals surface area contributed by atoms with E-state index in [2.05, 4.69) is 51.2 Å². The van der Waals surface area contributed by atoms with E-state index in [0.717, 1.165) is 52.8 Å². The van der Waals surface area contributed by atoms with Crippen molar-refractivity contribution in [1.82, 2.24) is 4.98 Å². The molecule has 0 atom stereocenters. The predicted molar refractivity (Wildman–Crippen MR) is 100.0 cm³/mol. The molecular formula is C19H21BrN2O. The molecule has 0 fully saturated rings. The molecule has 0 unspecified atom stereocenters. The second kappa shape index (κ2) is 7.20. The van der Waals surface area contributed by atoms with Gasteiger partial charge in [0.2, 0.25) is 0 Å². The summed E-state index contributed by atoms with van der Waals surface area (Å²) < 4.78 is 6.61. The van der Waals surface area contributed by atoms with Crippen molar-refractivity contribution in [3.63, 3.8) is 0 Å². The van der Waals surface area contributed by atoms with Gasteiger partial charge >= 0.3 is 0 Å². The number of ether oxygens (including phenoxy) is 1. The van der Waals surface area contributed by atoms with Crippen LogP contribution in [0.3, 0.4) is 0 Å². The molecule has 3 N–H and O–H groups in total. The lowest BCUT2D eigenvalue weighted by Crippen LogP contribution is -1.99. The third-order valence-electron chi connectivity index (χ3n) is 4.13. The number of aromatic amines is 1. The molecule has 0 saturated carbocycles. The SMILES string of the molecule is COc1ccc(Br)cc1-c1[nH]c2ccccc2c1CCCCN. The molecule has 2 aromatic carbocycles. The molecular weight excluding hydrogens is 352 g/mol. The van der Waals surface area contributed by atoms with E-state index in [0.29, 0.717) is 0 Å². The van der Waals surface area contributed by atoms with E-state index in [9.17, 15) is 0 Å². The molecule has 3 rings (SSSR count). The maximum absolute atomic E-state index is 5.66. The maximum Gasteiger partial charge on any atom is 0.128 e. The molecule has 0 saturated heterocycles. The van der Waals surface area contributed by atoms with E-state index < -0.39 is 0 Å². The number of hydrogen-bond donors (Lipinski definition) is 2. The zero-order chi connectivity index (χ0) is 16.2. The van der Waals surface area contributed by atoms with Crippen LogP contribution in [0.25, 0.3) is 22.2 Å². The van der Waals surface area contributed by atoms with Gasteiger partial charge in [-0.15, -0.1) is 0 Å². The summed E-state index contributed by atoms with van der Waals surface area (Å²) in [6.07, 6.45) is 3.13. The Morgan fingerprint density at radius 2 is 1.96 bits per heavy atom. The van der Waals surface area contributed by atoms with Crippen LogP contribution < -0.4 is 10.5 Å². The van der Waals surface area contributed by atoms with E-state index in [4.69, 9.17) is 10.5 Å². The van der Waals surface area contributed by atoms with E-state index in [1.54, 1.807) is 7.11 Å². The summed E-state index contributed by atoms with van der Waals surface area (Å²) >= 11 is 3.57. The average Bonchev–Trinajstić information content (AvgIpc) is 2.94. The number of nitrogens with one attached hydrogen (secondary N) is 1. The predicted octanol–water partition coefficient (Wildman–Crippen LogP) is 4.89. The third-order valence-corrected chi connectivity index (χ3v) is 4.62. The zero-order valence-electron chi connectivity index (χ0n) is 13.2. The van der Waals surface area contributed by atoms with Crippen molar-refractivity contribution >= 4 is 26.8 Å². The Hall–Kier alpha value is -1.78. The Morgan fingerprint density at radius 3 is 2.74 bits per heavy atom. The Labute approximate surface area is 145 Å². The van der Waals surface area contributed by atoms with Crippen LogP contribution in [-0.4, -0.2) is 18.6 Å². The molecule has 0 aliphatic heterocycles. The summed E-state index contributed by atoms with van der Waals surface area (Å²) in [6, 6.07) is 14.5. The number of nitrogens with two attached hydrogens (primary N) is 1. The normalized spacial score (nSPS) is 11.1. The van der Waals surface area contributed by atoms with Crippen molar-refractivity contribution in [3.05, 3.63) is 52.5 Å². The van der Waals surface area contributed by atoms with Gasteiger partial charge in [0, 0.05) is 20.9 Å². The molecule has 0 bridgehead atoms. The standard InChI is InChI=1S/C19H21BrN2O/c1-23-18-10-9-13(20)12-16(18)19-15(7-4-5-11-21)14-6-2-3-8-17(14)22-19/h2-3,6,8-10,12,22H,4-5,7,11,21H2,1H3. The Bertz CT molecular complexity index is 810. The number of halogens is 1. The van der Waals surface area contributed by atoms with E-state index in [1.807, 2.05) is 12.1 Å². The molecule has 1 heterocycles. The number of aryl methyl sites for hydroxylation is 1. The molecule has 4 heteroatoms. The van der Waals surface area contributed by atoms with Crippen LogP contribution in [0.1, 0.15) is 18.4 Å². The lowest BCUT2D eigenvalue weighted by Gasteiger charge is -2.10. The second-order valence-electron chi connectivity index (χ2n) is 5.61. The van der Waals surface area contributed by atoms with Crippen LogP contribution in [-0.2, 0) is 6.42 Å². The summed E-state index contributed by atoms with van der Waals surface area (Å²) in [5.74, 6) is 0.875. The number of methoxy groups -OCH3 is 1. The lowest BCUT2D eigenvalue weighted by atomic mass is 10.00. The number of benzene rings is 2. The van der Waals surface area contributed by atoms with Gasteiger partial charge in [-0.25, -0.2) is 0 Å². The number of rotatable bonds is 6. The zero-order valence-corrected chi connectivity index (χ0v) is 14.8. The fourth-order valence-electron chi connectivity index (χ4n) is 3.01. The van der Waals surface area contributed by atoms with Crippen molar-refractivity contribution < 1.29 is 4.74 Å². The van der Waals surface area contributed by atoms with Crippen LogP contribution in [0.5, 0.6) is 5.75 Å². The molecule has 0 aliphatic rings. The summed E-state index contributed by atoms with van der Waals surface area (Å²) in [7, 11) is 1.71. The topological polar surface area (TPSA) is 51.0 Å². The van der Waals surface area contributed by atoms with Gasteiger partial charge in [0.15, 0.2) is 0 Å². The summed E-state index contributed by atoms with van der Waals surface area (Å²) in [4.78, 5) is 3.58. The summed E-state index contributed by atoms with van der Waals surface area (Å²) in [5, 5.41) is 1.28. The fraction of sp³-hybridized carbons (Fsp3) is 0.263. The lowest BCUT2D eigenvalue weighted by molar-refractivity contribution is 0.416. The van der Waals surface area contributed by atoms with Gasteiger partial charge in [-0.2, -0.15) is 0 Å². The number of aromatic nitrogens is 1. The molecule has 0 radical (unpaired) electrons. The van der Waals surface area contributed by atoms with Crippen LogP contribution >= 0.6 is 15.9 Å². The fourth-order valence-corrected chi connectivity index (χ4v) is 3.37. The maximum atomic E-state index is 5.66. The summed E-state index contributed by atoms with van der Waals surface area (Å²) in [6.45, 7) is 0.734. The second-order valence-corrected chi connectivity index (χ2v) is 6.53. The number of hydrogen-bond acceptors (Lipinski definition) is 2. The smallest absolute Gasteiger partial charge is 0.128 e. The first-order valence-electron chi connectivity index (χ1n) is 7.88. The van der Waals surface area contributed by atoms with Crippen LogP contribution in [0.2, 0.25) is 0 Å². The van der Waals surface area contributed by atoms with E-state index in [1.165, 1.54) is 10.9 Å². The number of H-pyrrole nitrogens is 1. The van der Waals surface area contributed by atoms with E-state index in [-0.39, 0.29) is 0 Å².